The van der Waals surface area contributed by atoms with Gasteiger partial charge in [-0.1, -0.05) is 18.2 Å². The Kier molecular flexibility index (Phi) is 9.05. The van der Waals surface area contributed by atoms with Crippen LogP contribution in [0, 0.1) is 5.82 Å². The van der Waals surface area contributed by atoms with Crippen LogP contribution in [-0.2, 0) is 16.1 Å². The van der Waals surface area contributed by atoms with Crippen molar-refractivity contribution in [3.05, 3.63) is 59.9 Å². The zero-order chi connectivity index (χ0) is 23.7. The van der Waals surface area contributed by atoms with Gasteiger partial charge in [0.25, 0.3) is 0 Å². The molecule has 7 heteroatoms. The third-order valence-corrected chi connectivity index (χ3v) is 4.83. The number of hydrogen-bond acceptors (Lipinski definition) is 4. The van der Waals surface area contributed by atoms with Crippen LogP contribution in [0.25, 0.3) is 0 Å². The van der Waals surface area contributed by atoms with Gasteiger partial charge in [0, 0.05) is 24.1 Å². The van der Waals surface area contributed by atoms with E-state index in [1.165, 1.54) is 11.0 Å². The summed E-state index contributed by atoms with van der Waals surface area (Å²) in [4.78, 5) is 27.2. The van der Waals surface area contributed by atoms with Gasteiger partial charge in [-0.25, -0.2) is 4.39 Å². The zero-order valence-electron chi connectivity index (χ0n) is 19.5. The SMILES string of the molecule is COc1ccc(OCCCC(=O)N(Cc2ccccc2F)[C@@H](C)C(=O)NC(C)(C)C)cc1. The van der Waals surface area contributed by atoms with Crippen molar-refractivity contribution < 1.29 is 23.5 Å². The van der Waals surface area contributed by atoms with Crippen LogP contribution in [0.3, 0.4) is 0 Å². The van der Waals surface area contributed by atoms with Gasteiger partial charge < -0.3 is 19.7 Å². The molecular weight excluding hydrogens is 411 g/mol. The molecule has 0 unspecified atom stereocenters. The molecule has 0 fully saturated rings. The minimum Gasteiger partial charge on any atom is -0.497 e. The van der Waals surface area contributed by atoms with E-state index in [4.69, 9.17) is 9.47 Å². The van der Waals surface area contributed by atoms with Crippen molar-refractivity contribution >= 4 is 11.8 Å². The summed E-state index contributed by atoms with van der Waals surface area (Å²) in [5.41, 5.74) is -0.0738. The lowest BCUT2D eigenvalue weighted by molar-refractivity contribution is -0.141. The van der Waals surface area contributed by atoms with E-state index in [1.54, 1.807) is 56.5 Å². The minimum atomic E-state index is -0.746. The lowest BCUT2D eigenvalue weighted by Gasteiger charge is -2.31. The Bertz CT molecular complexity index is 894. The Morgan fingerprint density at radius 1 is 1.06 bits per heavy atom. The van der Waals surface area contributed by atoms with Crippen molar-refractivity contribution in [2.45, 2.75) is 58.7 Å². The van der Waals surface area contributed by atoms with Crippen LogP contribution < -0.4 is 14.8 Å². The second kappa shape index (κ2) is 11.5. The first-order valence-corrected chi connectivity index (χ1v) is 10.7. The van der Waals surface area contributed by atoms with E-state index >= 15 is 0 Å². The van der Waals surface area contributed by atoms with Crippen LogP contribution in [0.5, 0.6) is 11.5 Å². The van der Waals surface area contributed by atoms with E-state index in [0.29, 0.717) is 24.3 Å². The van der Waals surface area contributed by atoms with Gasteiger partial charge in [-0.2, -0.15) is 0 Å². The number of nitrogens with one attached hydrogen (secondary N) is 1. The number of halogens is 1. The number of carbonyl (C=O) groups is 2. The fraction of sp³-hybridized carbons (Fsp3) is 0.440. The molecule has 6 nitrogen and oxygen atoms in total. The van der Waals surface area contributed by atoms with Crippen molar-refractivity contribution in [3.8, 4) is 11.5 Å². The summed E-state index contributed by atoms with van der Waals surface area (Å²) in [6.45, 7) is 7.64. The second-order valence-electron chi connectivity index (χ2n) is 8.66. The van der Waals surface area contributed by atoms with Crippen LogP contribution in [0.15, 0.2) is 48.5 Å². The van der Waals surface area contributed by atoms with E-state index in [2.05, 4.69) is 5.32 Å². The van der Waals surface area contributed by atoms with Gasteiger partial charge in [-0.3, -0.25) is 9.59 Å². The molecule has 0 aromatic heterocycles. The summed E-state index contributed by atoms with van der Waals surface area (Å²) in [5.74, 6) is 0.495. The Morgan fingerprint density at radius 3 is 2.28 bits per heavy atom. The minimum absolute atomic E-state index is 0.0174. The molecule has 0 saturated heterocycles. The number of carbonyl (C=O) groups excluding carboxylic acids is 2. The number of benzene rings is 2. The summed E-state index contributed by atoms with van der Waals surface area (Å²) in [7, 11) is 1.59. The molecule has 2 aromatic rings. The van der Waals surface area contributed by atoms with Crippen LogP contribution in [0.1, 0.15) is 46.1 Å². The van der Waals surface area contributed by atoms with E-state index in [-0.39, 0.29) is 24.8 Å². The fourth-order valence-electron chi connectivity index (χ4n) is 3.10. The first-order chi connectivity index (χ1) is 15.1. The van der Waals surface area contributed by atoms with Crippen molar-refractivity contribution in [3.63, 3.8) is 0 Å². The van der Waals surface area contributed by atoms with Crippen LogP contribution >= 0.6 is 0 Å². The Balaban J connectivity index is 2.02. The number of methoxy groups -OCH3 is 1. The number of ether oxygens (including phenoxy) is 2. The number of nitrogens with zero attached hydrogens (tertiary/aromatic N) is 1. The van der Waals surface area contributed by atoms with Crippen molar-refractivity contribution in [2.75, 3.05) is 13.7 Å². The van der Waals surface area contributed by atoms with Gasteiger partial charge in [-0.05, 0) is 64.4 Å². The monoisotopic (exact) mass is 444 g/mol. The molecule has 0 spiro atoms. The van der Waals surface area contributed by atoms with Crippen LogP contribution in [0.2, 0.25) is 0 Å². The summed E-state index contributed by atoms with van der Waals surface area (Å²) in [6, 6.07) is 12.7. The van der Waals surface area contributed by atoms with Gasteiger partial charge >= 0.3 is 0 Å². The molecule has 0 radical (unpaired) electrons. The fourth-order valence-corrected chi connectivity index (χ4v) is 3.10. The maximum atomic E-state index is 14.2. The number of rotatable bonds is 10. The Labute approximate surface area is 189 Å². The average molecular weight is 445 g/mol. The highest BCUT2D eigenvalue weighted by molar-refractivity contribution is 5.87. The van der Waals surface area contributed by atoms with Crippen molar-refractivity contribution in [2.24, 2.45) is 0 Å². The molecule has 1 N–H and O–H groups in total. The van der Waals surface area contributed by atoms with Gasteiger partial charge in [0.1, 0.15) is 23.4 Å². The topological polar surface area (TPSA) is 67.9 Å². The highest BCUT2D eigenvalue weighted by Gasteiger charge is 2.28. The largest absolute Gasteiger partial charge is 0.497 e. The molecule has 32 heavy (non-hydrogen) atoms. The Hall–Kier alpha value is -3.09. The molecule has 2 aromatic carbocycles. The van der Waals surface area contributed by atoms with Crippen molar-refractivity contribution in [1.29, 1.82) is 0 Å². The van der Waals surface area contributed by atoms with Gasteiger partial charge in [-0.15, -0.1) is 0 Å². The lowest BCUT2D eigenvalue weighted by atomic mass is 10.1. The normalized spacial score (nSPS) is 12.1. The molecule has 2 rings (SSSR count). The first-order valence-electron chi connectivity index (χ1n) is 10.7. The molecule has 2 amide bonds. The predicted octanol–water partition coefficient (Wildman–Crippen LogP) is 4.33. The first kappa shape index (κ1) is 25.2. The van der Waals surface area contributed by atoms with E-state index in [9.17, 15) is 14.0 Å². The number of hydrogen-bond donors (Lipinski definition) is 1. The molecule has 0 aliphatic carbocycles. The number of amides is 2. The molecule has 0 aliphatic heterocycles. The summed E-state index contributed by atoms with van der Waals surface area (Å²) < 4.78 is 25.0. The summed E-state index contributed by atoms with van der Waals surface area (Å²) >= 11 is 0. The highest BCUT2D eigenvalue weighted by Crippen LogP contribution is 2.18. The molecule has 174 valence electrons. The van der Waals surface area contributed by atoms with Gasteiger partial charge in [0.2, 0.25) is 11.8 Å². The third-order valence-electron chi connectivity index (χ3n) is 4.83. The van der Waals surface area contributed by atoms with E-state index in [0.717, 1.165) is 5.75 Å². The highest BCUT2D eigenvalue weighted by atomic mass is 19.1. The molecule has 1 atom stereocenters. The van der Waals surface area contributed by atoms with E-state index in [1.807, 2.05) is 20.8 Å². The maximum Gasteiger partial charge on any atom is 0.242 e. The molecule has 0 saturated carbocycles. The quantitative estimate of drug-likeness (QED) is 0.554. The van der Waals surface area contributed by atoms with Crippen LogP contribution in [0.4, 0.5) is 4.39 Å². The van der Waals surface area contributed by atoms with E-state index < -0.39 is 17.4 Å². The second-order valence-corrected chi connectivity index (χ2v) is 8.66. The van der Waals surface area contributed by atoms with Gasteiger partial charge in [0.15, 0.2) is 0 Å². The summed E-state index contributed by atoms with van der Waals surface area (Å²) in [5, 5.41) is 2.89. The van der Waals surface area contributed by atoms with Crippen LogP contribution in [-0.4, -0.2) is 42.0 Å². The van der Waals surface area contributed by atoms with Gasteiger partial charge in [0.05, 0.1) is 13.7 Å². The lowest BCUT2D eigenvalue weighted by Crippen LogP contribution is -2.52. The zero-order valence-corrected chi connectivity index (χ0v) is 19.5. The molecular formula is C25H33FN2O4. The summed E-state index contributed by atoms with van der Waals surface area (Å²) in [6.07, 6.45) is 0.643. The maximum absolute atomic E-state index is 14.2. The average Bonchev–Trinajstić information content (AvgIpc) is 2.74. The molecule has 0 aliphatic rings. The Morgan fingerprint density at radius 2 is 1.69 bits per heavy atom. The standard InChI is InChI=1S/C25H33FN2O4/c1-18(24(30)27-25(2,3)4)28(17-19-9-6-7-10-22(19)26)23(29)11-8-16-32-21-14-12-20(31-5)13-15-21/h6-7,9-10,12-15,18H,8,11,16-17H2,1-5H3,(H,27,30)/t18-/m0/s1. The van der Waals surface area contributed by atoms with Crippen molar-refractivity contribution in [1.82, 2.24) is 10.2 Å². The third kappa shape index (κ3) is 7.87. The predicted molar refractivity (Wildman–Crippen MR) is 122 cm³/mol. The smallest absolute Gasteiger partial charge is 0.242 e. The molecule has 0 heterocycles. The molecule has 0 bridgehead atoms.